The van der Waals surface area contributed by atoms with Gasteiger partial charge in [-0.2, -0.15) is 0 Å². The van der Waals surface area contributed by atoms with Crippen LogP contribution in [0.5, 0.6) is 0 Å². The number of nitrogens with one attached hydrogen (secondary N) is 1. The second-order valence-electron chi connectivity index (χ2n) is 6.26. The quantitative estimate of drug-likeness (QED) is 0.563. The van der Waals surface area contributed by atoms with E-state index in [1.807, 2.05) is 30.3 Å². The molecule has 0 atom stereocenters. The van der Waals surface area contributed by atoms with Crippen LogP contribution in [0.3, 0.4) is 0 Å². The molecule has 0 bridgehead atoms. The van der Waals surface area contributed by atoms with Gasteiger partial charge in [0.15, 0.2) is 11.6 Å². The Bertz CT molecular complexity index is 793. The second-order valence-corrected chi connectivity index (χ2v) is 6.26. The summed E-state index contributed by atoms with van der Waals surface area (Å²) >= 11 is 0. The number of hydrogen-bond donors (Lipinski definition) is 3. The van der Waals surface area contributed by atoms with E-state index in [0.29, 0.717) is 29.2 Å². The number of benzene rings is 1. The second kappa shape index (κ2) is 8.44. The maximum atomic E-state index is 5.93. The highest BCUT2D eigenvalue weighted by Gasteiger charge is 2.15. The van der Waals surface area contributed by atoms with Crippen molar-refractivity contribution in [3.63, 3.8) is 0 Å². The Morgan fingerprint density at radius 2 is 1.92 bits per heavy atom. The van der Waals surface area contributed by atoms with Gasteiger partial charge in [-0.05, 0) is 25.8 Å². The molecule has 0 saturated carbocycles. The molecule has 1 aliphatic heterocycles. The summed E-state index contributed by atoms with van der Waals surface area (Å²) < 4.78 is 5.41. The average Bonchev–Trinajstić information content (AvgIpc) is 2.62. The Kier molecular flexibility index (Phi) is 5.80. The SMILES string of the molecule is C/C(N)=C/C(N)=Nc1cc(NC2CCOCC2)nc(-c2ccccc2)n1. The largest absolute Gasteiger partial charge is 0.402 e. The molecular weight excluding hydrogens is 328 g/mol. The van der Waals surface area contributed by atoms with E-state index in [1.54, 1.807) is 19.1 Å². The highest BCUT2D eigenvalue weighted by molar-refractivity contribution is 5.93. The van der Waals surface area contributed by atoms with Crippen LogP contribution in [-0.2, 0) is 4.74 Å². The normalized spacial score (nSPS) is 16.5. The topological polar surface area (TPSA) is 111 Å². The maximum absolute atomic E-state index is 5.93. The summed E-state index contributed by atoms with van der Waals surface area (Å²) in [5.74, 6) is 2.12. The number of nitrogens with two attached hydrogens (primary N) is 2. The van der Waals surface area contributed by atoms with Gasteiger partial charge in [0.2, 0.25) is 0 Å². The molecule has 0 amide bonds. The van der Waals surface area contributed by atoms with Crippen molar-refractivity contribution in [3.05, 3.63) is 48.2 Å². The first-order valence-corrected chi connectivity index (χ1v) is 8.67. The third kappa shape index (κ3) is 5.03. The van der Waals surface area contributed by atoms with E-state index in [2.05, 4.69) is 20.3 Å². The number of anilines is 1. The standard InChI is InChI=1S/C19H24N6O/c1-13(20)11-16(21)23-18-12-17(22-15-7-9-26-10-8-15)24-19(25-18)14-5-3-2-4-6-14/h2-6,11-12,15H,7-10,20H2,1H3,(H3,21,22,23,24,25)/b13-11-. The van der Waals surface area contributed by atoms with Crippen LogP contribution in [0.15, 0.2) is 53.2 Å². The molecule has 2 heterocycles. The van der Waals surface area contributed by atoms with Crippen molar-refractivity contribution >= 4 is 17.5 Å². The number of ether oxygens (including phenoxy) is 1. The zero-order valence-electron chi connectivity index (χ0n) is 14.9. The van der Waals surface area contributed by atoms with Gasteiger partial charge in [0.05, 0.1) is 0 Å². The molecule has 3 rings (SSSR count). The molecule has 0 spiro atoms. The lowest BCUT2D eigenvalue weighted by atomic mass is 10.1. The highest BCUT2D eigenvalue weighted by Crippen LogP contribution is 2.23. The molecule has 136 valence electrons. The van der Waals surface area contributed by atoms with Crippen molar-refractivity contribution in [1.82, 2.24) is 9.97 Å². The minimum Gasteiger partial charge on any atom is -0.402 e. The Labute approximate surface area is 153 Å². The van der Waals surface area contributed by atoms with Crippen molar-refractivity contribution in [3.8, 4) is 11.4 Å². The van der Waals surface area contributed by atoms with Gasteiger partial charge in [-0.15, -0.1) is 0 Å². The lowest BCUT2D eigenvalue weighted by molar-refractivity contribution is 0.0904. The van der Waals surface area contributed by atoms with Crippen LogP contribution in [0, 0.1) is 0 Å². The molecule has 1 saturated heterocycles. The van der Waals surface area contributed by atoms with Gasteiger partial charge in [-0.1, -0.05) is 30.3 Å². The summed E-state index contributed by atoms with van der Waals surface area (Å²) in [6.07, 6.45) is 3.50. The number of rotatable bonds is 5. The van der Waals surface area contributed by atoms with E-state index in [9.17, 15) is 0 Å². The number of amidine groups is 1. The molecule has 2 aromatic rings. The van der Waals surface area contributed by atoms with Crippen LogP contribution < -0.4 is 16.8 Å². The third-order valence-corrected chi connectivity index (χ3v) is 3.94. The zero-order chi connectivity index (χ0) is 18.4. The first-order valence-electron chi connectivity index (χ1n) is 8.67. The first-order chi connectivity index (χ1) is 12.6. The van der Waals surface area contributed by atoms with Crippen molar-refractivity contribution in [2.24, 2.45) is 16.5 Å². The van der Waals surface area contributed by atoms with E-state index in [4.69, 9.17) is 16.2 Å². The van der Waals surface area contributed by atoms with Gasteiger partial charge in [0.25, 0.3) is 0 Å². The molecule has 1 aromatic heterocycles. The third-order valence-electron chi connectivity index (χ3n) is 3.94. The van der Waals surface area contributed by atoms with Gasteiger partial charge in [0.1, 0.15) is 11.7 Å². The number of aliphatic imine (C=N–C) groups is 1. The van der Waals surface area contributed by atoms with E-state index >= 15 is 0 Å². The van der Waals surface area contributed by atoms with Crippen LogP contribution in [-0.4, -0.2) is 35.1 Å². The van der Waals surface area contributed by atoms with Crippen molar-refractivity contribution in [2.45, 2.75) is 25.8 Å². The minimum atomic E-state index is 0.305. The Hall–Kier alpha value is -2.93. The van der Waals surface area contributed by atoms with Gasteiger partial charge in [-0.25, -0.2) is 15.0 Å². The number of hydrogen-bond acceptors (Lipinski definition) is 6. The molecule has 26 heavy (non-hydrogen) atoms. The summed E-state index contributed by atoms with van der Waals surface area (Å²) in [5.41, 5.74) is 13.1. The van der Waals surface area contributed by atoms with Gasteiger partial charge in [0, 0.05) is 36.6 Å². The molecule has 0 aliphatic carbocycles. The van der Waals surface area contributed by atoms with E-state index in [0.717, 1.165) is 37.4 Å². The summed E-state index contributed by atoms with van der Waals surface area (Å²) in [5, 5.41) is 3.46. The van der Waals surface area contributed by atoms with Gasteiger partial charge >= 0.3 is 0 Å². The van der Waals surface area contributed by atoms with Crippen molar-refractivity contribution in [2.75, 3.05) is 18.5 Å². The molecule has 0 unspecified atom stereocenters. The fourth-order valence-corrected chi connectivity index (χ4v) is 2.73. The van der Waals surface area contributed by atoms with Gasteiger partial charge in [-0.3, -0.25) is 0 Å². The number of allylic oxidation sites excluding steroid dienone is 1. The summed E-state index contributed by atoms with van der Waals surface area (Å²) in [4.78, 5) is 13.5. The lowest BCUT2D eigenvalue weighted by Gasteiger charge is -2.23. The van der Waals surface area contributed by atoms with E-state index in [-0.39, 0.29) is 0 Å². The molecular formula is C19H24N6O. The summed E-state index contributed by atoms with van der Waals surface area (Å²) in [6, 6.07) is 11.9. The molecule has 0 radical (unpaired) electrons. The fraction of sp³-hybridized carbons (Fsp3) is 0.316. The molecule has 7 nitrogen and oxygen atoms in total. The van der Waals surface area contributed by atoms with Crippen LogP contribution in [0.1, 0.15) is 19.8 Å². The molecule has 1 fully saturated rings. The fourth-order valence-electron chi connectivity index (χ4n) is 2.73. The molecule has 5 N–H and O–H groups in total. The van der Waals surface area contributed by atoms with E-state index in [1.165, 1.54) is 0 Å². The van der Waals surface area contributed by atoms with Crippen LogP contribution in [0.25, 0.3) is 11.4 Å². The summed E-state index contributed by atoms with van der Waals surface area (Å²) in [7, 11) is 0. The van der Waals surface area contributed by atoms with Gasteiger partial charge < -0.3 is 21.5 Å². The summed E-state index contributed by atoms with van der Waals surface area (Å²) in [6.45, 7) is 3.27. The smallest absolute Gasteiger partial charge is 0.163 e. The Morgan fingerprint density at radius 1 is 1.19 bits per heavy atom. The predicted octanol–water partition coefficient (Wildman–Crippen LogP) is 2.59. The van der Waals surface area contributed by atoms with Crippen LogP contribution >= 0.6 is 0 Å². The highest BCUT2D eigenvalue weighted by atomic mass is 16.5. The minimum absolute atomic E-state index is 0.305. The molecule has 1 aromatic carbocycles. The zero-order valence-corrected chi connectivity index (χ0v) is 14.9. The van der Waals surface area contributed by atoms with Crippen molar-refractivity contribution < 1.29 is 4.74 Å². The first kappa shape index (κ1) is 17.9. The molecule has 7 heteroatoms. The Morgan fingerprint density at radius 3 is 2.62 bits per heavy atom. The Balaban J connectivity index is 1.95. The lowest BCUT2D eigenvalue weighted by Crippen LogP contribution is -2.28. The predicted molar refractivity (Wildman–Crippen MR) is 104 cm³/mol. The monoisotopic (exact) mass is 352 g/mol. The number of aromatic nitrogens is 2. The number of nitrogens with zero attached hydrogens (tertiary/aromatic N) is 3. The van der Waals surface area contributed by atoms with Crippen LogP contribution in [0.2, 0.25) is 0 Å². The van der Waals surface area contributed by atoms with Crippen molar-refractivity contribution in [1.29, 1.82) is 0 Å². The maximum Gasteiger partial charge on any atom is 0.163 e. The average molecular weight is 352 g/mol. The van der Waals surface area contributed by atoms with E-state index < -0.39 is 0 Å². The van der Waals surface area contributed by atoms with Crippen LogP contribution in [0.4, 0.5) is 11.6 Å². The molecule has 1 aliphatic rings.